The Morgan fingerprint density at radius 3 is 2.50 bits per heavy atom. The van der Waals surface area contributed by atoms with Gasteiger partial charge in [0, 0.05) is 0 Å². The predicted molar refractivity (Wildman–Crippen MR) is 43.3 cm³/mol. The van der Waals surface area contributed by atoms with Gasteiger partial charge in [0.25, 0.3) is 0 Å². The standard InChI is InChI=1S/C8H16O4/c1-3-4-5-12-8(11)6(2)7(9)10/h6-7,9-10H,3-5H2,1-2H3. The van der Waals surface area contributed by atoms with Crippen LogP contribution in [0.2, 0.25) is 0 Å². The number of carbonyl (C=O) groups is 1. The molecule has 2 N–H and O–H groups in total. The molecule has 4 heteroatoms. The molecule has 0 radical (unpaired) electrons. The molecular formula is C8H16O4. The highest BCUT2D eigenvalue weighted by Gasteiger charge is 2.20. The van der Waals surface area contributed by atoms with Gasteiger partial charge < -0.3 is 14.9 Å². The molecule has 0 aromatic heterocycles. The molecule has 0 aromatic carbocycles. The third-order valence-electron chi connectivity index (χ3n) is 1.56. The minimum atomic E-state index is -1.63. The van der Waals surface area contributed by atoms with Crippen molar-refractivity contribution in [2.75, 3.05) is 6.61 Å². The summed E-state index contributed by atoms with van der Waals surface area (Å²) in [7, 11) is 0. The minimum Gasteiger partial charge on any atom is -0.465 e. The Labute approximate surface area is 72.2 Å². The van der Waals surface area contributed by atoms with Crippen molar-refractivity contribution in [3.8, 4) is 0 Å². The molecule has 0 spiro atoms. The Bertz CT molecular complexity index is 133. The molecule has 0 aromatic rings. The van der Waals surface area contributed by atoms with E-state index in [4.69, 9.17) is 14.9 Å². The van der Waals surface area contributed by atoms with Gasteiger partial charge in [0.1, 0.15) is 5.92 Å². The van der Waals surface area contributed by atoms with Crippen LogP contribution in [0.25, 0.3) is 0 Å². The van der Waals surface area contributed by atoms with E-state index in [0.717, 1.165) is 12.8 Å². The van der Waals surface area contributed by atoms with Crippen molar-refractivity contribution in [3.05, 3.63) is 0 Å². The topological polar surface area (TPSA) is 66.8 Å². The van der Waals surface area contributed by atoms with Crippen LogP contribution in [-0.4, -0.2) is 29.1 Å². The molecule has 0 rings (SSSR count). The van der Waals surface area contributed by atoms with Crippen LogP contribution < -0.4 is 0 Å². The van der Waals surface area contributed by atoms with Crippen LogP contribution in [0.4, 0.5) is 0 Å². The number of hydrogen-bond donors (Lipinski definition) is 2. The molecule has 4 nitrogen and oxygen atoms in total. The fourth-order valence-corrected chi connectivity index (χ4v) is 0.570. The summed E-state index contributed by atoms with van der Waals surface area (Å²) in [5.41, 5.74) is 0. The van der Waals surface area contributed by atoms with Gasteiger partial charge in [0.2, 0.25) is 0 Å². The number of aliphatic hydroxyl groups excluding tert-OH is 1. The Morgan fingerprint density at radius 2 is 2.08 bits per heavy atom. The number of unbranched alkanes of at least 4 members (excludes halogenated alkanes) is 1. The lowest BCUT2D eigenvalue weighted by Crippen LogP contribution is -2.27. The van der Waals surface area contributed by atoms with Crippen LogP contribution in [-0.2, 0) is 9.53 Å². The van der Waals surface area contributed by atoms with E-state index in [0.29, 0.717) is 6.61 Å². The molecule has 0 fully saturated rings. The summed E-state index contributed by atoms with van der Waals surface area (Å²) in [4.78, 5) is 10.9. The summed E-state index contributed by atoms with van der Waals surface area (Å²) in [6, 6.07) is 0. The number of carbonyl (C=O) groups excluding carboxylic acids is 1. The van der Waals surface area contributed by atoms with Gasteiger partial charge in [-0.15, -0.1) is 0 Å². The maximum absolute atomic E-state index is 10.9. The summed E-state index contributed by atoms with van der Waals surface area (Å²) in [6.07, 6.45) is 0.127. The summed E-state index contributed by atoms with van der Waals surface area (Å²) < 4.78 is 4.75. The number of aliphatic hydroxyl groups is 2. The van der Waals surface area contributed by atoms with Crippen molar-refractivity contribution >= 4 is 5.97 Å². The van der Waals surface area contributed by atoms with Crippen molar-refractivity contribution in [2.24, 2.45) is 5.92 Å². The molecule has 0 aliphatic carbocycles. The van der Waals surface area contributed by atoms with Crippen LogP contribution >= 0.6 is 0 Å². The Balaban J connectivity index is 3.57. The maximum Gasteiger partial charge on any atom is 0.313 e. The Morgan fingerprint density at radius 1 is 1.50 bits per heavy atom. The van der Waals surface area contributed by atoms with Crippen LogP contribution in [0.15, 0.2) is 0 Å². The van der Waals surface area contributed by atoms with Crippen molar-refractivity contribution < 1.29 is 19.7 Å². The fraction of sp³-hybridized carbons (Fsp3) is 0.875. The van der Waals surface area contributed by atoms with Crippen molar-refractivity contribution in [3.63, 3.8) is 0 Å². The summed E-state index contributed by atoms with van der Waals surface area (Å²) in [6.45, 7) is 3.75. The second-order valence-electron chi connectivity index (χ2n) is 2.72. The number of hydrogen-bond acceptors (Lipinski definition) is 4. The molecular weight excluding hydrogens is 160 g/mol. The van der Waals surface area contributed by atoms with Crippen molar-refractivity contribution in [1.82, 2.24) is 0 Å². The second kappa shape index (κ2) is 5.97. The van der Waals surface area contributed by atoms with E-state index in [1.165, 1.54) is 6.92 Å². The molecule has 12 heavy (non-hydrogen) atoms. The van der Waals surface area contributed by atoms with Gasteiger partial charge in [0.15, 0.2) is 6.29 Å². The van der Waals surface area contributed by atoms with Gasteiger partial charge in [-0.25, -0.2) is 0 Å². The monoisotopic (exact) mass is 176 g/mol. The largest absolute Gasteiger partial charge is 0.465 e. The van der Waals surface area contributed by atoms with Crippen LogP contribution in [0, 0.1) is 5.92 Å². The number of esters is 1. The molecule has 0 saturated carbocycles. The lowest BCUT2D eigenvalue weighted by atomic mass is 10.2. The van der Waals surface area contributed by atoms with Crippen LogP contribution in [0.3, 0.4) is 0 Å². The molecule has 0 saturated heterocycles. The van der Waals surface area contributed by atoms with Crippen molar-refractivity contribution in [1.29, 1.82) is 0 Å². The SMILES string of the molecule is CCCCOC(=O)C(C)C(O)O. The third-order valence-corrected chi connectivity index (χ3v) is 1.56. The summed E-state index contributed by atoms with van der Waals surface area (Å²) >= 11 is 0. The zero-order valence-corrected chi connectivity index (χ0v) is 7.49. The van der Waals surface area contributed by atoms with Gasteiger partial charge in [-0.2, -0.15) is 0 Å². The first-order valence-corrected chi connectivity index (χ1v) is 4.12. The van der Waals surface area contributed by atoms with E-state index in [1.807, 2.05) is 6.92 Å². The van der Waals surface area contributed by atoms with E-state index < -0.39 is 18.2 Å². The number of rotatable bonds is 5. The smallest absolute Gasteiger partial charge is 0.313 e. The zero-order chi connectivity index (χ0) is 9.56. The number of ether oxygens (including phenoxy) is 1. The first kappa shape index (κ1) is 11.4. The van der Waals surface area contributed by atoms with E-state index in [1.54, 1.807) is 0 Å². The van der Waals surface area contributed by atoms with E-state index in [9.17, 15) is 4.79 Å². The van der Waals surface area contributed by atoms with Gasteiger partial charge in [-0.1, -0.05) is 13.3 Å². The highest BCUT2D eigenvalue weighted by molar-refractivity contribution is 5.72. The van der Waals surface area contributed by atoms with Gasteiger partial charge >= 0.3 is 5.97 Å². The fourth-order valence-electron chi connectivity index (χ4n) is 0.570. The van der Waals surface area contributed by atoms with E-state index in [-0.39, 0.29) is 0 Å². The Hall–Kier alpha value is -0.610. The van der Waals surface area contributed by atoms with E-state index >= 15 is 0 Å². The highest BCUT2D eigenvalue weighted by atomic mass is 16.5. The average Bonchev–Trinajstić information content (AvgIpc) is 2.03. The molecule has 0 heterocycles. The van der Waals surface area contributed by atoms with Crippen LogP contribution in [0.5, 0.6) is 0 Å². The average molecular weight is 176 g/mol. The minimum absolute atomic E-state index is 0.354. The zero-order valence-electron chi connectivity index (χ0n) is 7.49. The molecule has 0 aliphatic heterocycles. The highest BCUT2D eigenvalue weighted by Crippen LogP contribution is 2.03. The first-order chi connectivity index (χ1) is 5.59. The second-order valence-corrected chi connectivity index (χ2v) is 2.72. The quantitative estimate of drug-likeness (QED) is 0.358. The lowest BCUT2D eigenvalue weighted by molar-refractivity contribution is -0.163. The normalized spacial score (nSPS) is 13.1. The first-order valence-electron chi connectivity index (χ1n) is 4.12. The van der Waals surface area contributed by atoms with Crippen LogP contribution in [0.1, 0.15) is 26.7 Å². The molecule has 72 valence electrons. The maximum atomic E-state index is 10.9. The molecule has 0 amide bonds. The lowest BCUT2D eigenvalue weighted by Gasteiger charge is -2.12. The third kappa shape index (κ3) is 4.31. The predicted octanol–water partition coefficient (Wildman–Crippen LogP) is 0.277. The van der Waals surface area contributed by atoms with Gasteiger partial charge in [-0.3, -0.25) is 4.79 Å². The summed E-state index contributed by atoms with van der Waals surface area (Å²) in [5.74, 6) is -1.42. The molecule has 0 aliphatic rings. The molecule has 0 bridgehead atoms. The van der Waals surface area contributed by atoms with Gasteiger partial charge in [-0.05, 0) is 13.3 Å². The Kier molecular flexibility index (Phi) is 5.66. The molecule has 1 unspecified atom stereocenters. The molecule has 1 atom stereocenters. The van der Waals surface area contributed by atoms with Gasteiger partial charge in [0.05, 0.1) is 6.61 Å². The van der Waals surface area contributed by atoms with E-state index in [2.05, 4.69) is 0 Å². The summed E-state index contributed by atoms with van der Waals surface area (Å²) in [5, 5.41) is 17.2. The van der Waals surface area contributed by atoms with Crippen molar-refractivity contribution in [2.45, 2.75) is 33.0 Å².